The second kappa shape index (κ2) is 7.25. The van der Waals surface area contributed by atoms with Gasteiger partial charge in [-0.15, -0.1) is 0 Å². The number of ether oxygens (including phenoxy) is 1. The lowest BCUT2D eigenvalue weighted by atomic mass is 9.86. The van der Waals surface area contributed by atoms with E-state index in [0.29, 0.717) is 0 Å². The van der Waals surface area contributed by atoms with Gasteiger partial charge in [-0.05, 0) is 58.2 Å². The summed E-state index contributed by atoms with van der Waals surface area (Å²) >= 11 is 0. The first-order chi connectivity index (χ1) is 8.92. The molecule has 1 atom stereocenters. The molecule has 0 radical (unpaired) electrons. The number of likely N-dealkylation sites (N-methyl/N-ethyl adjacent to an activating group) is 1. The third-order valence-electron chi connectivity index (χ3n) is 4.69. The lowest BCUT2D eigenvalue weighted by molar-refractivity contribution is -0.148. The molecule has 0 amide bonds. The SMILES string of the molecule is CNC(C)(CCN1CCC(C(C)C)CC1)C(=O)OC. The van der Waals surface area contributed by atoms with E-state index in [1.54, 1.807) is 0 Å². The third-order valence-corrected chi connectivity index (χ3v) is 4.69. The number of esters is 1. The van der Waals surface area contributed by atoms with E-state index >= 15 is 0 Å². The zero-order chi connectivity index (χ0) is 14.5. The third kappa shape index (κ3) is 4.46. The van der Waals surface area contributed by atoms with Crippen LogP contribution in [0.15, 0.2) is 0 Å². The largest absolute Gasteiger partial charge is 0.468 e. The molecule has 0 saturated carbocycles. The first kappa shape index (κ1) is 16.4. The average Bonchev–Trinajstić information content (AvgIpc) is 2.44. The first-order valence-electron chi connectivity index (χ1n) is 7.42. The fourth-order valence-corrected chi connectivity index (χ4v) is 2.78. The predicted molar refractivity (Wildman–Crippen MR) is 78.1 cm³/mol. The van der Waals surface area contributed by atoms with Gasteiger partial charge in [-0.25, -0.2) is 0 Å². The van der Waals surface area contributed by atoms with E-state index in [1.165, 1.54) is 20.0 Å². The molecule has 0 bridgehead atoms. The van der Waals surface area contributed by atoms with E-state index in [0.717, 1.165) is 37.9 Å². The quantitative estimate of drug-likeness (QED) is 0.749. The summed E-state index contributed by atoms with van der Waals surface area (Å²) in [6.45, 7) is 9.82. The van der Waals surface area contributed by atoms with E-state index in [2.05, 4.69) is 24.1 Å². The number of hydrogen-bond donors (Lipinski definition) is 1. The highest BCUT2D eigenvalue weighted by Gasteiger charge is 2.33. The van der Waals surface area contributed by atoms with E-state index in [-0.39, 0.29) is 5.97 Å². The van der Waals surface area contributed by atoms with Gasteiger partial charge in [0, 0.05) is 6.54 Å². The molecular weight excluding hydrogens is 240 g/mol. The Morgan fingerprint density at radius 3 is 2.42 bits per heavy atom. The van der Waals surface area contributed by atoms with Crippen LogP contribution in [0.2, 0.25) is 0 Å². The molecule has 0 aromatic carbocycles. The Morgan fingerprint density at radius 2 is 2.00 bits per heavy atom. The van der Waals surface area contributed by atoms with Crippen molar-refractivity contribution in [1.29, 1.82) is 0 Å². The lowest BCUT2D eigenvalue weighted by Gasteiger charge is -2.36. The van der Waals surface area contributed by atoms with Gasteiger partial charge in [-0.3, -0.25) is 4.79 Å². The topological polar surface area (TPSA) is 41.6 Å². The molecule has 1 saturated heterocycles. The molecule has 0 aliphatic carbocycles. The van der Waals surface area contributed by atoms with Gasteiger partial charge in [0.2, 0.25) is 0 Å². The molecule has 1 unspecified atom stereocenters. The molecule has 1 heterocycles. The van der Waals surface area contributed by atoms with Crippen LogP contribution in [-0.2, 0) is 9.53 Å². The fourth-order valence-electron chi connectivity index (χ4n) is 2.78. The van der Waals surface area contributed by atoms with Gasteiger partial charge in [0.15, 0.2) is 0 Å². The minimum Gasteiger partial charge on any atom is -0.468 e. The number of carbonyl (C=O) groups is 1. The summed E-state index contributed by atoms with van der Waals surface area (Å²) in [6.07, 6.45) is 3.36. The predicted octanol–water partition coefficient (Wildman–Crippen LogP) is 1.90. The summed E-state index contributed by atoms with van der Waals surface area (Å²) in [5, 5.41) is 3.09. The van der Waals surface area contributed by atoms with Crippen molar-refractivity contribution < 1.29 is 9.53 Å². The van der Waals surface area contributed by atoms with E-state index < -0.39 is 5.54 Å². The maximum Gasteiger partial charge on any atom is 0.325 e. The van der Waals surface area contributed by atoms with Crippen molar-refractivity contribution in [2.45, 2.75) is 45.6 Å². The van der Waals surface area contributed by atoms with Gasteiger partial charge < -0.3 is 15.0 Å². The molecular formula is C15H30N2O2. The molecule has 4 heteroatoms. The number of nitrogens with one attached hydrogen (secondary N) is 1. The molecule has 1 fully saturated rings. The zero-order valence-corrected chi connectivity index (χ0v) is 13.2. The standard InChI is InChI=1S/C15H30N2O2/c1-12(2)13-6-9-17(10-7-13)11-8-15(3,16-4)14(18)19-5/h12-13,16H,6-11H2,1-5H3. The molecule has 1 rings (SSSR count). The Morgan fingerprint density at radius 1 is 1.42 bits per heavy atom. The Labute approximate surface area is 117 Å². The molecule has 0 aromatic heterocycles. The Hall–Kier alpha value is -0.610. The number of carbonyl (C=O) groups excluding carboxylic acids is 1. The van der Waals surface area contributed by atoms with Gasteiger partial charge in [-0.1, -0.05) is 13.8 Å². The van der Waals surface area contributed by atoms with Gasteiger partial charge in [0.05, 0.1) is 7.11 Å². The molecule has 112 valence electrons. The summed E-state index contributed by atoms with van der Waals surface area (Å²) in [4.78, 5) is 14.2. The highest BCUT2D eigenvalue weighted by Crippen LogP contribution is 2.25. The summed E-state index contributed by atoms with van der Waals surface area (Å²) in [6, 6.07) is 0. The fraction of sp³-hybridized carbons (Fsp3) is 0.933. The van der Waals surface area contributed by atoms with Crippen molar-refractivity contribution in [2.24, 2.45) is 11.8 Å². The maximum atomic E-state index is 11.8. The van der Waals surface area contributed by atoms with Crippen LogP contribution in [0.4, 0.5) is 0 Å². The molecule has 1 N–H and O–H groups in total. The van der Waals surface area contributed by atoms with Crippen LogP contribution in [0.25, 0.3) is 0 Å². The summed E-state index contributed by atoms with van der Waals surface area (Å²) < 4.78 is 4.87. The second-order valence-electron chi connectivity index (χ2n) is 6.25. The van der Waals surface area contributed by atoms with Crippen molar-refractivity contribution in [2.75, 3.05) is 33.8 Å². The van der Waals surface area contributed by atoms with Crippen LogP contribution in [0.3, 0.4) is 0 Å². The van der Waals surface area contributed by atoms with Crippen molar-refractivity contribution in [1.82, 2.24) is 10.2 Å². The van der Waals surface area contributed by atoms with Crippen molar-refractivity contribution in [3.8, 4) is 0 Å². The first-order valence-corrected chi connectivity index (χ1v) is 7.42. The molecule has 4 nitrogen and oxygen atoms in total. The van der Waals surface area contributed by atoms with Crippen LogP contribution in [0.1, 0.15) is 40.0 Å². The highest BCUT2D eigenvalue weighted by atomic mass is 16.5. The summed E-state index contributed by atoms with van der Waals surface area (Å²) in [5.74, 6) is 1.49. The summed E-state index contributed by atoms with van der Waals surface area (Å²) in [7, 11) is 3.27. The lowest BCUT2D eigenvalue weighted by Crippen LogP contribution is -2.51. The highest BCUT2D eigenvalue weighted by molar-refractivity contribution is 5.80. The minimum atomic E-state index is -0.566. The van der Waals surface area contributed by atoms with Crippen molar-refractivity contribution in [3.63, 3.8) is 0 Å². The Kier molecular flexibility index (Phi) is 6.27. The smallest absolute Gasteiger partial charge is 0.325 e. The minimum absolute atomic E-state index is 0.174. The van der Waals surface area contributed by atoms with Gasteiger partial charge in [-0.2, -0.15) is 0 Å². The van der Waals surface area contributed by atoms with Crippen LogP contribution < -0.4 is 5.32 Å². The van der Waals surface area contributed by atoms with Gasteiger partial charge in [0.1, 0.15) is 5.54 Å². The number of nitrogens with zero attached hydrogens (tertiary/aromatic N) is 1. The molecule has 0 aromatic rings. The zero-order valence-electron chi connectivity index (χ0n) is 13.2. The van der Waals surface area contributed by atoms with Crippen LogP contribution in [0.5, 0.6) is 0 Å². The number of piperidine rings is 1. The Bertz CT molecular complexity index is 286. The maximum absolute atomic E-state index is 11.8. The average molecular weight is 270 g/mol. The summed E-state index contributed by atoms with van der Waals surface area (Å²) in [5.41, 5.74) is -0.566. The van der Waals surface area contributed by atoms with Crippen LogP contribution >= 0.6 is 0 Å². The van der Waals surface area contributed by atoms with E-state index in [4.69, 9.17) is 4.74 Å². The normalized spacial score (nSPS) is 21.4. The molecule has 0 spiro atoms. The van der Waals surface area contributed by atoms with Crippen LogP contribution in [0, 0.1) is 11.8 Å². The van der Waals surface area contributed by atoms with Crippen molar-refractivity contribution in [3.05, 3.63) is 0 Å². The van der Waals surface area contributed by atoms with Gasteiger partial charge >= 0.3 is 5.97 Å². The van der Waals surface area contributed by atoms with Crippen molar-refractivity contribution >= 4 is 5.97 Å². The monoisotopic (exact) mass is 270 g/mol. The number of rotatable bonds is 6. The number of methoxy groups -OCH3 is 1. The second-order valence-corrected chi connectivity index (χ2v) is 6.25. The van der Waals surface area contributed by atoms with E-state index in [1.807, 2.05) is 14.0 Å². The molecule has 19 heavy (non-hydrogen) atoms. The van der Waals surface area contributed by atoms with Gasteiger partial charge in [0.25, 0.3) is 0 Å². The van der Waals surface area contributed by atoms with E-state index in [9.17, 15) is 4.79 Å². The molecule has 1 aliphatic heterocycles. The Balaban J connectivity index is 2.39. The number of likely N-dealkylation sites (tertiary alicyclic amines) is 1. The molecule has 1 aliphatic rings. The van der Waals surface area contributed by atoms with Crippen LogP contribution in [-0.4, -0.2) is 50.2 Å². The number of hydrogen-bond acceptors (Lipinski definition) is 4.